The zero-order valence-electron chi connectivity index (χ0n) is 11.3. The Morgan fingerprint density at radius 3 is 2.71 bits per heavy atom. The minimum absolute atomic E-state index is 0.0450. The summed E-state index contributed by atoms with van der Waals surface area (Å²) in [6, 6.07) is 6.34. The molecule has 0 aliphatic rings. The zero-order valence-corrected chi connectivity index (χ0v) is 12.2. The largest absolute Gasteiger partial charge is 0.463 e. The van der Waals surface area contributed by atoms with Gasteiger partial charge in [-0.1, -0.05) is 6.07 Å². The molecule has 4 N–H and O–H groups in total. The average molecular weight is 311 g/mol. The summed E-state index contributed by atoms with van der Waals surface area (Å²) in [5, 5.41) is 5.00. The Bertz CT molecular complexity index is 522. The number of carbonyl (C=O) groups is 3. The Morgan fingerprint density at radius 1 is 1.29 bits per heavy atom. The van der Waals surface area contributed by atoms with Gasteiger partial charge in [-0.2, -0.15) is 12.6 Å². The number of rotatable bonds is 7. The molecule has 0 heterocycles. The van der Waals surface area contributed by atoms with Crippen LogP contribution in [0.4, 0.5) is 5.69 Å². The molecular formula is C13H17N3O4S. The van der Waals surface area contributed by atoms with Crippen LogP contribution in [0.2, 0.25) is 0 Å². The Hall–Kier alpha value is -2.06. The van der Waals surface area contributed by atoms with E-state index < -0.39 is 11.9 Å². The Kier molecular flexibility index (Phi) is 7.27. The summed E-state index contributed by atoms with van der Waals surface area (Å²) in [5.74, 6) is -1.24. The van der Waals surface area contributed by atoms with Crippen LogP contribution in [0.15, 0.2) is 24.3 Å². The molecule has 0 bridgehead atoms. The number of benzene rings is 1. The lowest BCUT2D eigenvalue weighted by molar-refractivity contribution is -0.142. The fraction of sp³-hybridized carbons (Fsp3) is 0.308. The molecule has 0 atom stereocenters. The molecule has 7 nitrogen and oxygen atoms in total. The van der Waals surface area contributed by atoms with Gasteiger partial charge in [-0.15, -0.1) is 0 Å². The molecule has 0 fully saturated rings. The maximum Gasteiger partial charge on any atom is 0.325 e. The Labute approximate surface area is 127 Å². The van der Waals surface area contributed by atoms with Crippen molar-refractivity contribution in [3.05, 3.63) is 29.8 Å². The number of nitrogens with one attached hydrogen (secondary N) is 2. The summed E-state index contributed by atoms with van der Waals surface area (Å²) in [6.45, 7) is 0.0958. The Balaban J connectivity index is 2.56. The molecule has 114 valence electrons. The summed E-state index contributed by atoms with van der Waals surface area (Å²) in [7, 11) is 0. The second kappa shape index (κ2) is 8.98. The van der Waals surface area contributed by atoms with Crippen LogP contribution < -0.4 is 16.4 Å². The zero-order chi connectivity index (χ0) is 15.7. The van der Waals surface area contributed by atoms with Gasteiger partial charge < -0.3 is 21.1 Å². The number of ether oxygens (including phenoxy) is 1. The molecular weight excluding hydrogens is 294 g/mol. The van der Waals surface area contributed by atoms with Gasteiger partial charge in [0.25, 0.3) is 5.91 Å². The summed E-state index contributed by atoms with van der Waals surface area (Å²) in [6.07, 6.45) is 0. The van der Waals surface area contributed by atoms with E-state index in [1.54, 1.807) is 18.2 Å². The third kappa shape index (κ3) is 6.28. The number of nitrogens with two attached hydrogens (primary N) is 1. The van der Waals surface area contributed by atoms with Gasteiger partial charge in [0.15, 0.2) is 0 Å². The maximum absolute atomic E-state index is 11.9. The molecule has 0 saturated carbocycles. The standard InChI is InChI=1S/C13H17N3O4S/c14-4-5-20-12(18)7-15-13(19)9-2-1-3-10(6-9)16-11(17)8-21/h1-3,6,21H,4-5,7-8,14H2,(H,15,19)(H,16,17). The molecule has 2 amide bonds. The third-order valence-electron chi connectivity index (χ3n) is 2.33. The number of esters is 1. The lowest BCUT2D eigenvalue weighted by Gasteiger charge is -2.08. The number of anilines is 1. The number of amides is 2. The van der Waals surface area contributed by atoms with Crippen molar-refractivity contribution in [1.82, 2.24) is 5.32 Å². The summed E-state index contributed by atoms with van der Waals surface area (Å²) in [5.41, 5.74) is 5.98. The van der Waals surface area contributed by atoms with E-state index in [1.807, 2.05) is 0 Å². The van der Waals surface area contributed by atoms with Gasteiger partial charge in [-0.05, 0) is 18.2 Å². The normalized spacial score (nSPS) is 9.81. The van der Waals surface area contributed by atoms with Gasteiger partial charge in [-0.3, -0.25) is 14.4 Å². The maximum atomic E-state index is 11.9. The van der Waals surface area contributed by atoms with Crippen LogP contribution in [-0.4, -0.2) is 43.2 Å². The van der Waals surface area contributed by atoms with Crippen molar-refractivity contribution in [2.75, 3.05) is 30.8 Å². The van der Waals surface area contributed by atoms with Crippen molar-refractivity contribution in [3.8, 4) is 0 Å². The highest BCUT2D eigenvalue weighted by Crippen LogP contribution is 2.10. The molecule has 0 radical (unpaired) electrons. The first-order valence-electron chi connectivity index (χ1n) is 6.21. The van der Waals surface area contributed by atoms with E-state index in [0.717, 1.165) is 0 Å². The Morgan fingerprint density at radius 2 is 2.05 bits per heavy atom. The fourth-order valence-corrected chi connectivity index (χ4v) is 1.50. The van der Waals surface area contributed by atoms with Gasteiger partial charge in [0.05, 0.1) is 5.75 Å². The number of hydrogen-bond donors (Lipinski definition) is 4. The van der Waals surface area contributed by atoms with Gasteiger partial charge in [0.1, 0.15) is 13.2 Å². The van der Waals surface area contributed by atoms with E-state index in [9.17, 15) is 14.4 Å². The molecule has 0 aliphatic heterocycles. The molecule has 0 aliphatic carbocycles. The minimum Gasteiger partial charge on any atom is -0.463 e. The number of thiol groups is 1. The van der Waals surface area contributed by atoms with Crippen molar-refractivity contribution in [2.45, 2.75) is 0 Å². The van der Waals surface area contributed by atoms with Gasteiger partial charge in [-0.25, -0.2) is 0 Å². The van der Waals surface area contributed by atoms with E-state index in [0.29, 0.717) is 11.3 Å². The van der Waals surface area contributed by atoms with Gasteiger partial charge in [0.2, 0.25) is 5.91 Å². The minimum atomic E-state index is -0.562. The van der Waals surface area contributed by atoms with E-state index in [-0.39, 0.29) is 31.4 Å². The van der Waals surface area contributed by atoms with Crippen molar-refractivity contribution in [3.63, 3.8) is 0 Å². The lowest BCUT2D eigenvalue weighted by atomic mass is 10.2. The van der Waals surface area contributed by atoms with E-state index in [1.165, 1.54) is 6.07 Å². The lowest BCUT2D eigenvalue weighted by Crippen LogP contribution is -2.31. The first-order valence-corrected chi connectivity index (χ1v) is 6.84. The molecule has 1 aromatic rings. The monoisotopic (exact) mass is 311 g/mol. The highest BCUT2D eigenvalue weighted by Gasteiger charge is 2.09. The molecule has 0 spiro atoms. The molecule has 0 saturated heterocycles. The molecule has 8 heteroatoms. The smallest absolute Gasteiger partial charge is 0.325 e. The summed E-state index contributed by atoms with van der Waals surface area (Å²) < 4.78 is 4.72. The van der Waals surface area contributed by atoms with Crippen LogP contribution in [0.5, 0.6) is 0 Å². The highest BCUT2D eigenvalue weighted by atomic mass is 32.1. The predicted molar refractivity (Wildman–Crippen MR) is 81.3 cm³/mol. The quantitative estimate of drug-likeness (QED) is 0.411. The van der Waals surface area contributed by atoms with E-state index in [4.69, 9.17) is 10.5 Å². The first kappa shape index (κ1) is 17.0. The van der Waals surface area contributed by atoms with Gasteiger partial charge >= 0.3 is 5.97 Å². The van der Waals surface area contributed by atoms with Crippen molar-refractivity contribution in [1.29, 1.82) is 0 Å². The molecule has 0 aromatic heterocycles. The van der Waals surface area contributed by atoms with Crippen LogP contribution in [0.1, 0.15) is 10.4 Å². The SMILES string of the molecule is NCCOC(=O)CNC(=O)c1cccc(NC(=O)CS)c1. The average Bonchev–Trinajstić information content (AvgIpc) is 2.50. The predicted octanol–water partition coefficient (Wildman–Crippen LogP) is -0.213. The van der Waals surface area contributed by atoms with Gasteiger partial charge in [0, 0.05) is 17.8 Å². The van der Waals surface area contributed by atoms with Crippen molar-refractivity contribution < 1.29 is 19.1 Å². The van der Waals surface area contributed by atoms with Crippen LogP contribution in [-0.2, 0) is 14.3 Å². The van der Waals surface area contributed by atoms with Crippen molar-refractivity contribution >= 4 is 36.1 Å². The van der Waals surface area contributed by atoms with Crippen LogP contribution in [0, 0.1) is 0 Å². The van der Waals surface area contributed by atoms with E-state index in [2.05, 4.69) is 23.3 Å². The second-order valence-corrected chi connectivity index (χ2v) is 4.30. The second-order valence-electron chi connectivity index (χ2n) is 3.98. The molecule has 0 unspecified atom stereocenters. The summed E-state index contributed by atoms with van der Waals surface area (Å²) >= 11 is 3.84. The number of hydrogen-bond acceptors (Lipinski definition) is 6. The van der Waals surface area contributed by atoms with Crippen LogP contribution >= 0.6 is 12.6 Å². The van der Waals surface area contributed by atoms with Crippen molar-refractivity contribution in [2.24, 2.45) is 5.73 Å². The molecule has 1 aromatic carbocycles. The highest BCUT2D eigenvalue weighted by molar-refractivity contribution is 7.81. The number of carbonyl (C=O) groups excluding carboxylic acids is 3. The summed E-state index contributed by atoms with van der Waals surface area (Å²) in [4.78, 5) is 34.3. The van der Waals surface area contributed by atoms with Crippen LogP contribution in [0.3, 0.4) is 0 Å². The fourth-order valence-electron chi connectivity index (χ4n) is 1.42. The van der Waals surface area contributed by atoms with E-state index >= 15 is 0 Å². The molecule has 1 rings (SSSR count). The first-order chi connectivity index (χ1) is 10.1. The molecule has 21 heavy (non-hydrogen) atoms. The third-order valence-corrected chi connectivity index (χ3v) is 2.61. The topological polar surface area (TPSA) is 111 Å². The van der Waals surface area contributed by atoms with Crippen LogP contribution in [0.25, 0.3) is 0 Å².